The summed E-state index contributed by atoms with van der Waals surface area (Å²) in [5.41, 5.74) is 1.57. The Kier molecular flexibility index (Phi) is 6.40. The van der Waals surface area contributed by atoms with Crippen molar-refractivity contribution in [2.75, 3.05) is 31.6 Å². The number of amides is 2. The van der Waals surface area contributed by atoms with Crippen LogP contribution < -0.4 is 4.90 Å². The second kappa shape index (κ2) is 9.05. The summed E-state index contributed by atoms with van der Waals surface area (Å²) in [5, 5.41) is 1.15. The number of hydrogen-bond donors (Lipinski definition) is 1. The zero-order valence-corrected chi connectivity index (χ0v) is 19.3. The Hall–Kier alpha value is -2.30. The molecule has 1 N–H and O–H groups in total. The molecule has 1 fully saturated rings. The Balaban J connectivity index is 1.44. The van der Waals surface area contributed by atoms with Gasteiger partial charge in [-0.1, -0.05) is 29.9 Å². The lowest BCUT2D eigenvalue weighted by atomic mass is 9.95. The van der Waals surface area contributed by atoms with E-state index in [1.54, 1.807) is 18.2 Å². The van der Waals surface area contributed by atoms with Crippen molar-refractivity contribution in [3.05, 3.63) is 27.2 Å². The molecule has 0 aliphatic carbocycles. The van der Waals surface area contributed by atoms with E-state index in [9.17, 15) is 9.59 Å². The first kappa shape index (κ1) is 21.9. The van der Waals surface area contributed by atoms with Crippen molar-refractivity contribution in [3.63, 3.8) is 0 Å². The molecule has 0 saturated carbocycles. The van der Waals surface area contributed by atoms with Crippen LogP contribution in [-0.4, -0.2) is 70.7 Å². The number of aliphatic imine (C=N–C) groups is 1. The number of nitrogens with one attached hydrogen (secondary N) is 1. The first-order valence-electron chi connectivity index (χ1n) is 10.4. The number of thiazole rings is 1. The van der Waals surface area contributed by atoms with Crippen molar-refractivity contribution >= 4 is 46.1 Å². The van der Waals surface area contributed by atoms with Crippen LogP contribution in [0.15, 0.2) is 4.99 Å². The van der Waals surface area contributed by atoms with Gasteiger partial charge in [0.1, 0.15) is 4.88 Å². The second-order valence-corrected chi connectivity index (χ2v) is 8.95. The monoisotopic (exact) mass is 464 g/mol. The number of aromatic amines is 1. The summed E-state index contributed by atoms with van der Waals surface area (Å²) in [4.78, 5) is 45.0. The van der Waals surface area contributed by atoms with Crippen molar-refractivity contribution < 1.29 is 14.3 Å². The van der Waals surface area contributed by atoms with Crippen LogP contribution in [0.1, 0.15) is 51.9 Å². The molecule has 2 atom stereocenters. The molecule has 2 aliphatic heterocycles. The Morgan fingerprint density at radius 1 is 1.42 bits per heavy atom. The maximum Gasteiger partial charge on any atom is 0.312 e. The quantitative estimate of drug-likeness (QED) is 0.659. The van der Waals surface area contributed by atoms with E-state index in [4.69, 9.17) is 16.3 Å². The predicted octanol–water partition coefficient (Wildman–Crippen LogP) is 2.81. The van der Waals surface area contributed by atoms with E-state index in [-0.39, 0.29) is 23.8 Å². The average molecular weight is 465 g/mol. The van der Waals surface area contributed by atoms with Crippen LogP contribution >= 0.6 is 22.9 Å². The van der Waals surface area contributed by atoms with Gasteiger partial charge in [0.05, 0.1) is 24.0 Å². The number of hydrogen-bond acceptors (Lipinski definition) is 7. The topological polar surface area (TPSA) is 104 Å². The molecule has 11 heteroatoms. The summed E-state index contributed by atoms with van der Waals surface area (Å²) in [5.74, 6) is -0.269. The van der Waals surface area contributed by atoms with Crippen molar-refractivity contribution in [1.82, 2.24) is 19.9 Å². The minimum atomic E-state index is -0.446. The molecule has 4 heterocycles. The van der Waals surface area contributed by atoms with Crippen LogP contribution in [0.2, 0.25) is 5.15 Å². The van der Waals surface area contributed by atoms with E-state index in [1.165, 1.54) is 11.3 Å². The van der Waals surface area contributed by atoms with Gasteiger partial charge in [0.2, 0.25) is 0 Å². The standard InChI is InChI=1S/C20H25ClN6O3S/c1-4-12-16(21)25-17(23-12)18(28)22-8-11-6-7-27(10-14(11)30-5-2)20-24-13-9-26(3)19(29)15(13)31-20/h8,11,14H,4-7,9-10H2,1-3H3,(H,23,25). The molecule has 0 bridgehead atoms. The van der Waals surface area contributed by atoms with E-state index < -0.39 is 5.91 Å². The molecule has 2 aliphatic rings. The highest BCUT2D eigenvalue weighted by atomic mass is 35.5. The molecular formula is C20H25ClN6O3S. The van der Waals surface area contributed by atoms with Crippen LogP contribution in [0.4, 0.5) is 5.13 Å². The number of aromatic nitrogens is 3. The molecule has 2 aromatic rings. The summed E-state index contributed by atoms with van der Waals surface area (Å²) < 4.78 is 5.95. The number of anilines is 1. The molecule has 2 amide bonds. The van der Waals surface area contributed by atoms with Crippen molar-refractivity contribution in [1.29, 1.82) is 0 Å². The lowest BCUT2D eigenvalue weighted by Gasteiger charge is -2.36. The highest BCUT2D eigenvalue weighted by Gasteiger charge is 2.34. The zero-order chi connectivity index (χ0) is 22.1. The molecule has 2 aromatic heterocycles. The summed E-state index contributed by atoms with van der Waals surface area (Å²) in [6, 6.07) is 0. The third-order valence-corrected chi connectivity index (χ3v) is 7.00. The van der Waals surface area contributed by atoms with Gasteiger partial charge in [-0.2, -0.15) is 0 Å². The molecule has 9 nitrogen and oxygen atoms in total. The van der Waals surface area contributed by atoms with E-state index in [0.717, 1.165) is 34.4 Å². The van der Waals surface area contributed by atoms with Gasteiger partial charge in [0.25, 0.3) is 5.91 Å². The maximum absolute atomic E-state index is 12.4. The zero-order valence-electron chi connectivity index (χ0n) is 17.7. The Labute approximate surface area is 189 Å². The largest absolute Gasteiger partial charge is 0.376 e. The van der Waals surface area contributed by atoms with Crippen molar-refractivity contribution in [2.45, 2.75) is 39.3 Å². The lowest BCUT2D eigenvalue weighted by molar-refractivity contribution is 0.0346. The molecular weight excluding hydrogens is 440 g/mol. The normalized spacial score (nSPS) is 21.4. The third-order valence-electron chi connectivity index (χ3n) is 5.54. The summed E-state index contributed by atoms with van der Waals surface area (Å²) >= 11 is 7.46. The number of nitrogens with zero attached hydrogens (tertiary/aromatic N) is 5. The minimum absolute atomic E-state index is 0.00389. The van der Waals surface area contributed by atoms with Crippen LogP contribution in [-0.2, 0) is 17.7 Å². The number of piperidine rings is 1. The number of carbonyl (C=O) groups is 2. The number of ether oxygens (including phenoxy) is 1. The number of H-pyrrole nitrogens is 1. The fourth-order valence-electron chi connectivity index (χ4n) is 3.84. The SMILES string of the molecule is CCOC1CN(c2nc3c(s2)C(=O)N(C)C3)CCC1C=NC(=O)c1nc(Cl)c(CC)[nH]1. The summed E-state index contributed by atoms with van der Waals surface area (Å²) in [7, 11) is 1.79. The Morgan fingerprint density at radius 2 is 2.23 bits per heavy atom. The van der Waals surface area contributed by atoms with E-state index >= 15 is 0 Å². The lowest BCUT2D eigenvalue weighted by Crippen LogP contribution is -2.46. The first-order valence-corrected chi connectivity index (χ1v) is 11.5. The Bertz CT molecular complexity index is 1020. The molecule has 0 spiro atoms. The van der Waals surface area contributed by atoms with Crippen LogP contribution in [0, 0.1) is 5.92 Å². The fourth-order valence-corrected chi connectivity index (χ4v) is 5.21. The molecule has 1 saturated heterocycles. The summed E-state index contributed by atoms with van der Waals surface area (Å²) in [6.45, 7) is 6.37. The fraction of sp³-hybridized carbons (Fsp3) is 0.550. The molecule has 0 aromatic carbocycles. The second-order valence-electron chi connectivity index (χ2n) is 7.62. The average Bonchev–Trinajstić information content (AvgIpc) is 3.42. The molecule has 2 unspecified atom stereocenters. The minimum Gasteiger partial charge on any atom is -0.376 e. The van der Waals surface area contributed by atoms with E-state index in [1.807, 2.05) is 13.8 Å². The molecule has 31 heavy (non-hydrogen) atoms. The molecule has 4 rings (SSSR count). The van der Waals surface area contributed by atoms with Gasteiger partial charge in [-0.15, -0.1) is 0 Å². The van der Waals surface area contributed by atoms with Gasteiger partial charge in [-0.3, -0.25) is 9.59 Å². The molecule has 0 radical (unpaired) electrons. The van der Waals surface area contributed by atoms with Gasteiger partial charge in [0.15, 0.2) is 16.1 Å². The van der Waals surface area contributed by atoms with Crippen molar-refractivity contribution in [2.24, 2.45) is 10.9 Å². The smallest absolute Gasteiger partial charge is 0.312 e. The number of aryl methyl sites for hydroxylation is 1. The van der Waals surface area contributed by atoms with Gasteiger partial charge in [-0.25, -0.2) is 15.0 Å². The molecule has 166 valence electrons. The van der Waals surface area contributed by atoms with E-state index in [0.29, 0.717) is 31.3 Å². The maximum atomic E-state index is 12.4. The highest BCUT2D eigenvalue weighted by Crippen LogP contribution is 2.34. The number of halogens is 1. The van der Waals surface area contributed by atoms with Gasteiger partial charge in [0, 0.05) is 38.9 Å². The first-order chi connectivity index (χ1) is 14.9. The summed E-state index contributed by atoms with van der Waals surface area (Å²) in [6.07, 6.45) is 2.97. The van der Waals surface area contributed by atoms with Crippen LogP contribution in [0.3, 0.4) is 0 Å². The Morgan fingerprint density at radius 3 is 2.90 bits per heavy atom. The van der Waals surface area contributed by atoms with Crippen LogP contribution in [0.25, 0.3) is 0 Å². The number of imidazole rings is 1. The van der Waals surface area contributed by atoms with Gasteiger partial charge < -0.3 is 19.5 Å². The number of fused-ring (bicyclic) bond motifs is 1. The number of carbonyl (C=O) groups excluding carboxylic acids is 2. The van der Waals surface area contributed by atoms with E-state index in [2.05, 4.69) is 24.8 Å². The van der Waals surface area contributed by atoms with Gasteiger partial charge >= 0.3 is 5.91 Å². The van der Waals surface area contributed by atoms with Crippen molar-refractivity contribution in [3.8, 4) is 0 Å². The number of rotatable bonds is 6. The highest BCUT2D eigenvalue weighted by molar-refractivity contribution is 7.17. The van der Waals surface area contributed by atoms with Gasteiger partial charge in [-0.05, 0) is 19.8 Å². The third kappa shape index (κ3) is 4.37. The van der Waals surface area contributed by atoms with Crippen LogP contribution in [0.5, 0.6) is 0 Å². The predicted molar refractivity (Wildman–Crippen MR) is 119 cm³/mol.